The number of nitrogens with zero attached hydrogens (tertiary/aromatic N) is 3. The Morgan fingerprint density at radius 1 is 0.933 bits per heavy atom. The molecule has 0 aliphatic rings. The van der Waals surface area contributed by atoms with E-state index in [-0.39, 0.29) is 0 Å². The van der Waals surface area contributed by atoms with E-state index in [1.54, 1.807) is 44.9 Å². The van der Waals surface area contributed by atoms with E-state index in [9.17, 15) is 0 Å². The van der Waals surface area contributed by atoms with Crippen molar-refractivity contribution in [2.45, 2.75) is 0 Å². The van der Waals surface area contributed by atoms with Gasteiger partial charge >= 0.3 is 0 Å². The lowest BCUT2D eigenvalue weighted by Gasteiger charge is -2.13. The van der Waals surface area contributed by atoms with Gasteiger partial charge in [0.05, 0.1) is 32.9 Å². The van der Waals surface area contributed by atoms with E-state index < -0.39 is 0 Å². The third-order valence-corrected chi connectivity index (χ3v) is 5.45. The SMILES string of the molecule is COc1ccc(C=NNc2ncnc3scc(-c4ccccc4)c23)c(OC)c1OC. The van der Waals surface area contributed by atoms with Crippen molar-refractivity contribution in [3.8, 4) is 28.4 Å². The molecule has 0 radical (unpaired) electrons. The monoisotopic (exact) mass is 420 g/mol. The maximum atomic E-state index is 5.50. The second kappa shape index (κ2) is 8.79. The van der Waals surface area contributed by atoms with Gasteiger partial charge in [0, 0.05) is 16.5 Å². The molecule has 0 fully saturated rings. The standard InChI is InChI=1S/C22H20N4O3S/c1-27-17-10-9-15(19(28-2)20(17)29-3)11-25-26-21-18-16(14-7-5-4-6-8-14)12-30-22(18)24-13-23-21/h4-13H,1-3H3,(H,23,24,26). The van der Waals surface area contributed by atoms with Crippen LogP contribution in [0.2, 0.25) is 0 Å². The number of methoxy groups -OCH3 is 3. The lowest BCUT2D eigenvalue weighted by molar-refractivity contribution is 0.324. The molecular weight excluding hydrogens is 400 g/mol. The van der Waals surface area contributed by atoms with Crippen LogP contribution < -0.4 is 19.6 Å². The molecule has 0 atom stereocenters. The molecule has 4 rings (SSSR count). The van der Waals surface area contributed by atoms with Gasteiger partial charge in [-0.15, -0.1) is 11.3 Å². The molecule has 0 saturated heterocycles. The highest BCUT2D eigenvalue weighted by Gasteiger charge is 2.15. The molecule has 0 aliphatic heterocycles. The van der Waals surface area contributed by atoms with E-state index in [1.165, 1.54) is 6.33 Å². The fourth-order valence-corrected chi connectivity index (χ4v) is 4.09. The van der Waals surface area contributed by atoms with Crippen molar-refractivity contribution in [1.29, 1.82) is 0 Å². The topological polar surface area (TPSA) is 77.9 Å². The largest absolute Gasteiger partial charge is 0.493 e. The summed E-state index contributed by atoms with van der Waals surface area (Å²) in [5.41, 5.74) is 5.96. The minimum atomic E-state index is 0.512. The van der Waals surface area contributed by atoms with Gasteiger partial charge in [-0.2, -0.15) is 5.10 Å². The predicted molar refractivity (Wildman–Crippen MR) is 120 cm³/mol. The lowest BCUT2D eigenvalue weighted by atomic mass is 10.1. The Hall–Kier alpha value is -3.65. The molecule has 4 aromatic rings. The van der Waals surface area contributed by atoms with Crippen LogP contribution in [-0.2, 0) is 0 Å². The Labute approximate surface area is 178 Å². The Morgan fingerprint density at radius 2 is 1.73 bits per heavy atom. The van der Waals surface area contributed by atoms with Crippen LogP contribution in [0.3, 0.4) is 0 Å². The summed E-state index contributed by atoms with van der Waals surface area (Å²) in [5.74, 6) is 2.27. The number of anilines is 1. The number of rotatable bonds is 7. The highest BCUT2D eigenvalue weighted by Crippen LogP contribution is 2.39. The van der Waals surface area contributed by atoms with E-state index in [1.807, 2.05) is 24.3 Å². The van der Waals surface area contributed by atoms with Gasteiger partial charge in [-0.1, -0.05) is 30.3 Å². The number of hydrogen-bond donors (Lipinski definition) is 1. The van der Waals surface area contributed by atoms with Gasteiger partial charge in [0.2, 0.25) is 5.75 Å². The van der Waals surface area contributed by atoms with Crippen molar-refractivity contribution in [2.24, 2.45) is 5.10 Å². The summed E-state index contributed by atoms with van der Waals surface area (Å²) in [4.78, 5) is 9.68. The average molecular weight is 420 g/mol. The molecule has 8 heteroatoms. The highest BCUT2D eigenvalue weighted by atomic mass is 32.1. The lowest BCUT2D eigenvalue weighted by Crippen LogP contribution is -2.00. The first-order chi connectivity index (χ1) is 14.8. The zero-order valence-electron chi connectivity index (χ0n) is 16.7. The molecule has 0 spiro atoms. The normalized spacial score (nSPS) is 11.0. The molecule has 152 valence electrons. The van der Waals surface area contributed by atoms with Crippen LogP contribution in [0.15, 0.2) is 59.3 Å². The minimum Gasteiger partial charge on any atom is -0.493 e. The number of aromatic nitrogens is 2. The maximum absolute atomic E-state index is 5.50. The molecule has 0 saturated carbocycles. The maximum Gasteiger partial charge on any atom is 0.203 e. The van der Waals surface area contributed by atoms with E-state index in [0.29, 0.717) is 23.1 Å². The number of hydrazone groups is 1. The number of fused-ring (bicyclic) bond motifs is 1. The number of benzene rings is 2. The van der Waals surface area contributed by atoms with Crippen LogP contribution in [-0.4, -0.2) is 37.5 Å². The van der Waals surface area contributed by atoms with Crippen molar-refractivity contribution in [1.82, 2.24) is 9.97 Å². The quantitative estimate of drug-likeness (QED) is 0.341. The summed E-state index contributed by atoms with van der Waals surface area (Å²) in [7, 11) is 4.73. The van der Waals surface area contributed by atoms with Crippen molar-refractivity contribution >= 4 is 33.6 Å². The Morgan fingerprint density at radius 3 is 2.47 bits per heavy atom. The van der Waals surface area contributed by atoms with E-state index in [0.717, 1.165) is 26.9 Å². The van der Waals surface area contributed by atoms with Crippen LogP contribution in [0.1, 0.15) is 5.56 Å². The predicted octanol–water partition coefficient (Wildman–Crippen LogP) is 4.83. The van der Waals surface area contributed by atoms with Gasteiger partial charge in [0.25, 0.3) is 0 Å². The van der Waals surface area contributed by atoms with Crippen LogP contribution in [0.4, 0.5) is 5.82 Å². The number of ether oxygens (including phenoxy) is 3. The summed E-state index contributed by atoms with van der Waals surface area (Å²) in [6, 6.07) is 13.8. The molecule has 0 bridgehead atoms. The van der Waals surface area contributed by atoms with E-state index in [4.69, 9.17) is 14.2 Å². The summed E-state index contributed by atoms with van der Waals surface area (Å²) in [5, 5.41) is 7.40. The van der Waals surface area contributed by atoms with Gasteiger partial charge < -0.3 is 14.2 Å². The first kappa shape index (κ1) is 19.7. The van der Waals surface area contributed by atoms with Crippen LogP contribution in [0.5, 0.6) is 17.2 Å². The second-order valence-corrected chi connectivity index (χ2v) is 7.07. The molecule has 0 unspecified atom stereocenters. The Bertz CT molecular complexity index is 1190. The molecule has 1 N–H and O–H groups in total. The van der Waals surface area contributed by atoms with Crippen LogP contribution in [0.25, 0.3) is 21.3 Å². The first-order valence-corrected chi connectivity index (χ1v) is 10.0. The molecule has 2 aromatic carbocycles. The van der Waals surface area contributed by atoms with Crippen molar-refractivity contribution in [2.75, 3.05) is 26.8 Å². The molecule has 0 amide bonds. The first-order valence-electron chi connectivity index (χ1n) is 9.12. The summed E-state index contributed by atoms with van der Waals surface area (Å²) >= 11 is 1.57. The van der Waals surface area contributed by atoms with Gasteiger partial charge in [-0.3, -0.25) is 5.43 Å². The van der Waals surface area contributed by atoms with Crippen molar-refractivity contribution < 1.29 is 14.2 Å². The molecule has 0 aliphatic carbocycles. The number of thiophene rings is 1. The smallest absolute Gasteiger partial charge is 0.203 e. The highest BCUT2D eigenvalue weighted by molar-refractivity contribution is 7.17. The van der Waals surface area contributed by atoms with E-state index in [2.05, 4.69) is 38.0 Å². The summed E-state index contributed by atoms with van der Waals surface area (Å²) in [6.07, 6.45) is 3.19. The molecule has 7 nitrogen and oxygen atoms in total. The molecular formula is C22H20N4O3S. The summed E-state index contributed by atoms with van der Waals surface area (Å²) < 4.78 is 16.2. The minimum absolute atomic E-state index is 0.512. The molecule has 2 heterocycles. The molecule has 2 aromatic heterocycles. The Balaban J connectivity index is 1.68. The third-order valence-electron chi connectivity index (χ3n) is 4.56. The fourth-order valence-electron chi connectivity index (χ4n) is 3.18. The fraction of sp³-hybridized carbons (Fsp3) is 0.136. The zero-order chi connectivity index (χ0) is 20.9. The van der Waals surface area contributed by atoms with Gasteiger partial charge in [-0.05, 0) is 17.7 Å². The van der Waals surface area contributed by atoms with Gasteiger partial charge in [0.15, 0.2) is 17.3 Å². The van der Waals surface area contributed by atoms with Crippen LogP contribution in [0, 0.1) is 0 Å². The number of hydrogen-bond acceptors (Lipinski definition) is 8. The molecule has 30 heavy (non-hydrogen) atoms. The third kappa shape index (κ3) is 3.65. The second-order valence-electron chi connectivity index (χ2n) is 6.21. The summed E-state index contributed by atoms with van der Waals surface area (Å²) in [6.45, 7) is 0. The zero-order valence-corrected chi connectivity index (χ0v) is 17.6. The van der Waals surface area contributed by atoms with Crippen LogP contribution >= 0.6 is 11.3 Å². The van der Waals surface area contributed by atoms with E-state index >= 15 is 0 Å². The van der Waals surface area contributed by atoms with Gasteiger partial charge in [-0.25, -0.2) is 9.97 Å². The van der Waals surface area contributed by atoms with Crippen molar-refractivity contribution in [3.63, 3.8) is 0 Å². The average Bonchev–Trinajstić information content (AvgIpc) is 3.24. The van der Waals surface area contributed by atoms with Gasteiger partial charge in [0.1, 0.15) is 11.2 Å². The number of nitrogens with one attached hydrogen (secondary N) is 1. The van der Waals surface area contributed by atoms with Crippen molar-refractivity contribution in [3.05, 3.63) is 59.7 Å². The Kier molecular flexibility index (Phi) is 5.76.